The Balaban J connectivity index is 2.03. The van der Waals surface area contributed by atoms with Crippen LogP contribution in [-0.2, 0) is 0 Å². The fraction of sp³-hybridized carbons (Fsp3) is 0. The molecular formula is C14H10Cl2N2O2. The van der Waals surface area contributed by atoms with Gasteiger partial charge in [-0.1, -0.05) is 35.3 Å². The van der Waals surface area contributed by atoms with Crippen LogP contribution in [0.5, 0.6) is 5.75 Å². The van der Waals surface area contributed by atoms with Gasteiger partial charge in [-0.25, -0.2) is 5.43 Å². The smallest absolute Gasteiger partial charge is 0.271 e. The van der Waals surface area contributed by atoms with Crippen molar-refractivity contribution in [3.05, 3.63) is 63.6 Å². The van der Waals surface area contributed by atoms with Crippen LogP contribution in [0.15, 0.2) is 47.6 Å². The minimum Gasteiger partial charge on any atom is -0.508 e. The summed E-state index contributed by atoms with van der Waals surface area (Å²) in [6.45, 7) is 0. The highest BCUT2D eigenvalue weighted by molar-refractivity contribution is 6.42. The van der Waals surface area contributed by atoms with Crippen molar-refractivity contribution in [1.82, 2.24) is 5.43 Å². The first-order valence-corrected chi connectivity index (χ1v) is 6.39. The van der Waals surface area contributed by atoms with Crippen molar-refractivity contribution in [2.24, 2.45) is 5.10 Å². The molecule has 2 N–H and O–H groups in total. The van der Waals surface area contributed by atoms with Gasteiger partial charge in [-0.2, -0.15) is 5.10 Å². The number of phenolic OH excluding ortho intramolecular Hbond substituents is 1. The fourth-order valence-electron chi connectivity index (χ4n) is 1.47. The van der Waals surface area contributed by atoms with Crippen LogP contribution in [0.3, 0.4) is 0 Å². The molecule has 0 spiro atoms. The first-order chi connectivity index (χ1) is 9.56. The van der Waals surface area contributed by atoms with E-state index < -0.39 is 5.91 Å². The number of hydrazone groups is 1. The zero-order valence-corrected chi connectivity index (χ0v) is 11.7. The third kappa shape index (κ3) is 3.73. The second-order valence-electron chi connectivity index (χ2n) is 3.92. The summed E-state index contributed by atoms with van der Waals surface area (Å²) in [5.74, 6) is -0.273. The Morgan fingerprint density at radius 1 is 1.15 bits per heavy atom. The number of nitrogens with one attached hydrogen (secondary N) is 1. The average Bonchev–Trinajstić information content (AvgIpc) is 2.42. The number of benzene rings is 2. The Labute approximate surface area is 125 Å². The van der Waals surface area contributed by atoms with Crippen LogP contribution in [0.1, 0.15) is 15.9 Å². The number of aromatic hydroxyl groups is 1. The van der Waals surface area contributed by atoms with E-state index in [-0.39, 0.29) is 5.75 Å². The summed E-state index contributed by atoms with van der Waals surface area (Å²) in [5, 5.41) is 13.8. The number of carbonyl (C=O) groups excluding carboxylic acids is 1. The standard InChI is InChI=1S/C14H10Cl2N2O2/c15-12-5-4-10(7-13(12)16)14(20)18-17-8-9-2-1-3-11(19)6-9/h1-8,19H,(H,18,20)/b17-8+. The number of nitrogens with zero attached hydrogens (tertiary/aromatic N) is 1. The molecule has 0 saturated heterocycles. The average molecular weight is 309 g/mol. The molecule has 2 aromatic carbocycles. The van der Waals surface area contributed by atoms with Gasteiger partial charge in [-0.05, 0) is 35.9 Å². The summed E-state index contributed by atoms with van der Waals surface area (Å²) in [7, 11) is 0. The number of phenols is 1. The Kier molecular flexibility index (Phi) is 4.61. The van der Waals surface area contributed by atoms with E-state index in [0.29, 0.717) is 21.2 Å². The molecular weight excluding hydrogens is 299 g/mol. The van der Waals surface area contributed by atoms with Gasteiger partial charge in [0.15, 0.2) is 0 Å². The van der Waals surface area contributed by atoms with Crippen molar-refractivity contribution >= 4 is 35.3 Å². The fourth-order valence-corrected chi connectivity index (χ4v) is 1.77. The second kappa shape index (κ2) is 6.41. The van der Waals surface area contributed by atoms with Crippen LogP contribution >= 0.6 is 23.2 Å². The van der Waals surface area contributed by atoms with Crippen LogP contribution in [0.2, 0.25) is 10.0 Å². The van der Waals surface area contributed by atoms with Gasteiger partial charge < -0.3 is 5.11 Å². The van der Waals surface area contributed by atoms with E-state index >= 15 is 0 Å². The largest absolute Gasteiger partial charge is 0.508 e. The Hall–Kier alpha value is -2.04. The number of hydrogen-bond acceptors (Lipinski definition) is 3. The molecule has 1 amide bonds. The van der Waals surface area contributed by atoms with Gasteiger partial charge in [0.05, 0.1) is 16.3 Å². The van der Waals surface area contributed by atoms with Crippen molar-refractivity contribution in [2.45, 2.75) is 0 Å². The monoisotopic (exact) mass is 308 g/mol. The summed E-state index contributed by atoms with van der Waals surface area (Å²) in [6.07, 6.45) is 1.43. The maximum atomic E-state index is 11.8. The Morgan fingerprint density at radius 2 is 1.95 bits per heavy atom. The summed E-state index contributed by atoms with van der Waals surface area (Å²) in [4.78, 5) is 11.8. The van der Waals surface area contributed by atoms with Crippen molar-refractivity contribution in [2.75, 3.05) is 0 Å². The minimum absolute atomic E-state index is 0.129. The van der Waals surface area contributed by atoms with E-state index in [9.17, 15) is 9.90 Å². The molecule has 102 valence electrons. The quantitative estimate of drug-likeness (QED) is 0.674. The summed E-state index contributed by atoms with van der Waals surface area (Å²) in [6, 6.07) is 11.0. The van der Waals surface area contributed by atoms with Gasteiger partial charge in [0, 0.05) is 5.56 Å². The maximum absolute atomic E-state index is 11.8. The SMILES string of the molecule is O=C(N/N=C/c1cccc(O)c1)c1ccc(Cl)c(Cl)c1. The van der Waals surface area contributed by atoms with Crippen molar-refractivity contribution in [1.29, 1.82) is 0 Å². The molecule has 0 aliphatic carbocycles. The molecule has 0 atom stereocenters. The van der Waals surface area contributed by atoms with Gasteiger partial charge in [-0.15, -0.1) is 0 Å². The van der Waals surface area contributed by atoms with Crippen molar-refractivity contribution < 1.29 is 9.90 Å². The van der Waals surface area contributed by atoms with Crippen LogP contribution in [0, 0.1) is 0 Å². The van der Waals surface area contributed by atoms with Crippen LogP contribution in [0.4, 0.5) is 0 Å². The van der Waals surface area contributed by atoms with E-state index in [2.05, 4.69) is 10.5 Å². The molecule has 0 saturated carbocycles. The van der Waals surface area contributed by atoms with Gasteiger partial charge in [0.25, 0.3) is 5.91 Å². The molecule has 2 rings (SSSR count). The van der Waals surface area contributed by atoms with E-state index in [1.165, 1.54) is 24.4 Å². The van der Waals surface area contributed by atoms with Gasteiger partial charge in [-0.3, -0.25) is 4.79 Å². The highest BCUT2D eigenvalue weighted by Gasteiger charge is 2.06. The Bertz CT molecular complexity index is 672. The number of hydrogen-bond donors (Lipinski definition) is 2. The van der Waals surface area contributed by atoms with E-state index in [1.54, 1.807) is 24.3 Å². The zero-order chi connectivity index (χ0) is 14.5. The van der Waals surface area contributed by atoms with E-state index in [0.717, 1.165) is 0 Å². The molecule has 4 nitrogen and oxygen atoms in total. The molecule has 6 heteroatoms. The molecule has 0 fully saturated rings. The summed E-state index contributed by atoms with van der Waals surface area (Å²) < 4.78 is 0. The molecule has 2 aromatic rings. The molecule has 0 aromatic heterocycles. The van der Waals surface area contributed by atoms with Gasteiger partial charge in [0.1, 0.15) is 5.75 Å². The third-order valence-corrected chi connectivity index (χ3v) is 3.17. The lowest BCUT2D eigenvalue weighted by atomic mass is 10.2. The maximum Gasteiger partial charge on any atom is 0.271 e. The highest BCUT2D eigenvalue weighted by atomic mass is 35.5. The molecule has 0 unspecified atom stereocenters. The summed E-state index contributed by atoms with van der Waals surface area (Å²) >= 11 is 11.6. The highest BCUT2D eigenvalue weighted by Crippen LogP contribution is 2.22. The van der Waals surface area contributed by atoms with E-state index in [4.69, 9.17) is 23.2 Å². The number of rotatable bonds is 3. The summed E-state index contributed by atoms with van der Waals surface area (Å²) in [5.41, 5.74) is 3.38. The van der Waals surface area contributed by atoms with Gasteiger partial charge in [0.2, 0.25) is 0 Å². The normalized spacial score (nSPS) is 10.7. The third-order valence-electron chi connectivity index (χ3n) is 2.43. The van der Waals surface area contributed by atoms with Gasteiger partial charge >= 0.3 is 0 Å². The number of halogens is 2. The van der Waals surface area contributed by atoms with Crippen molar-refractivity contribution in [3.63, 3.8) is 0 Å². The van der Waals surface area contributed by atoms with E-state index in [1.807, 2.05) is 0 Å². The molecule has 20 heavy (non-hydrogen) atoms. The molecule has 0 heterocycles. The van der Waals surface area contributed by atoms with Crippen molar-refractivity contribution in [3.8, 4) is 5.75 Å². The number of amides is 1. The first-order valence-electron chi connectivity index (χ1n) is 5.64. The van der Waals surface area contributed by atoms with Crippen LogP contribution < -0.4 is 5.43 Å². The lowest BCUT2D eigenvalue weighted by molar-refractivity contribution is 0.0955. The second-order valence-corrected chi connectivity index (χ2v) is 4.74. The minimum atomic E-state index is -0.403. The number of carbonyl (C=O) groups is 1. The molecule has 0 radical (unpaired) electrons. The lowest BCUT2D eigenvalue weighted by Crippen LogP contribution is -2.17. The zero-order valence-electron chi connectivity index (χ0n) is 10.2. The predicted octanol–water partition coefficient (Wildman–Crippen LogP) is 3.46. The lowest BCUT2D eigenvalue weighted by Gasteiger charge is -2.01. The Morgan fingerprint density at radius 3 is 2.65 bits per heavy atom. The topological polar surface area (TPSA) is 61.7 Å². The molecule has 0 bridgehead atoms. The molecule has 0 aliphatic rings. The predicted molar refractivity (Wildman–Crippen MR) is 79.6 cm³/mol. The first kappa shape index (κ1) is 14.4. The van der Waals surface area contributed by atoms with Crippen LogP contribution in [-0.4, -0.2) is 17.2 Å². The molecule has 0 aliphatic heterocycles. The van der Waals surface area contributed by atoms with Crippen LogP contribution in [0.25, 0.3) is 0 Å².